The van der Waals surface area contributed by atoms with Crippen LogP contribution in [0.15, 0.2) is 0 Å². The first-order valence-corrected chi connectivity index (χ1v) is 7.58. The van der Waals surface area contributed by atoms with Gasteiger partial charge in [0, 0.05) is 32.8 Å². The van der Waals surface area contributed by atoms with Gasteiger partial charge in [0.05, 0.1) is 13.2 Å². The standard InChI is InChI=1S/C8H17NO.C7H16O/c1-8(2)7-9-3-5-10-6-4-9;1-3-5-6-7-8-4-2/h8H,3-7H2,1-2H3;3-7H2,1-2H3. The summed E-state index contributed by atoms with van der Waals surface area (Å²) in [6.07, 6.45) is 3.82. The van der Waals surface area contributed by atoms with Crippen LogP contribution < -0.4 is 0 Å². The molecule has 0 aliphatic carbocycles. The largest absolute Gasteiger partial charge is 0.382 e. The van der Waals surface area contributed by atoms with Crippen LogP contribution in [-0.4, -0.2) is 51.0 Å². The summed E-state index contributed by atoms with van der Waals surface area (Å²) in [6, 6.07) is 0. The van der Waals surface area contributed by atoms with E-state index in [0.29, 0.717) is 0 Å². The fourth-order valence-electron chi connectivity index (χ4n) is 1.90. The second-order valence-electron chi connectivity index (χ2n) is 5.21. The number of hydrogen-bond acceptors (Lipinski definition) is 3. The Morgan fingerprint density at radius 2 is 1.78 bits per heavy atom. The van der Waals surface area contributed by atoms with Gasteiger partial charge in [0.2, 0.25) is 0 Å². The molecule has 1 rings (SSSR count). The Morgan fingerprint density at radius 3 is 2.28 bits per heavy atom. The Morgan fingerprint density at radius 1 is 1.11 bits per heavy atom. The van der Waals surface area contributed by atoms with E-state index >= 15 is 0 Å². The van der Waals surface area contributed by atoms with Crippen molar-refractivity contribution in [3.63, 3.8) is 0 Å². The Bertz CT molecular complexity index is 151. The molecule has 1 heterocycles. The lowest BCUT2D eigenvalue weighted by atomic mass is 10.2. The first-order valence-electron chi connectivity index (χ1n) is 7.58. The van der Waals surface area contributed by atoms with Gasteiger partial charge in [-0.25, -0.2) is 0 Å². The average Bonchev–Trinajstić information content (AvgIpc) is 2.36. The van der Waals surface area contributed by atoms with E-state index in [1.54, 1.807) is 0 Å². The van der Waals surface area contributed by atoms with Crippen molar-refractivity contribution in [3.05, 3.63) is 0 Å². The molecule has 1 aliphatic rings. The highest BCUT2D eigenvalue weighted by Crippen LogP contribution is 2.01. The van der Waals surface area contributed by atoms with Crippen LogP contribution in [0.4, 0.5) is 0 Å². The number of hydrogen-bond donors (Lipinski definition) is 0. The van der Waals surface area contributed by atoms with Gasteiger partial charge in [-0.15, -0.1) is 0 Å². The summed E-state index contributed by atoms with van der Waals surface area (Å²) in [5, 5.41) is 0. The van der Waals surface area contributed by atoms with Crippen molar-refractivity contribution in [1.29, 1.82) is 0 Å². The molecule has 1 saturated heterocycles. The Hall–Kier alpha value is -0.120. The Labute approximate surface area is 114 Å². The molecule has 0 amide bonds. The van der Waals surface area contributed by atoms with Crippen LogP contribution in [0.25, 0.3) is 0 Å². The summed E-state index contributed by atoms with van der Waals surface area (Å²) < 4.78 is 10.4. The molecule has 0 aromatic carbocycles. The summed E-state index contributed by atoms with van der Waals surface area (Å²) in [5.74, 6) is 0.790. The van der Waals surface area contributed by atoms with Crippen LogP contribution in [0.2, 0.25) is 0 Å². The minimum atomic E-state index is 0.790. The highest BCUT2D eigenvalue weighted by molar-refractivity contribution is 4.62. The quantitative estimate of drug-likeness (QED) is 0.655. The van der Waals surface area contributed by atoms with E-state index in [0.717, 1.165) is 45.4 Å². The van der Waals surface area contributed by atoms with Crippen molar-refractivity contribution in [2.75, 3.05) is 46.1 Å². The molecule has 0 aromatic heterocycles. The van der Waals surface area contributed by atoms with Gasteiger partial charge in [-0.3, -0.25) is 4.90 Å². The predicted octanol–water partition coefficient (Wildman–Crippen LogP) is 3.19. The first kappa shape index (κ1) is 17.9. The van der Waals surface area contributed by atoms with Crippen molar-refractivity contribution < 1.29 is 9.47 Å². The lowest BCUT2D eigenvalue weighted by Crippen LogP contribution is -2.38. The molecule has 0 aromatic rings. The Balaban J connectivity index is 0.000000331. The molecule has 110 valence electrons. The molecule has 3 heteroatoms. The minimum absolute atomic E-state index is 0.790. The molecule has 3 nitrogen and oxygen atoms in total. The summed E-state index contributed by atoms with van der Waals surface area (Å²) in [6.45, 7) is 15.9. The predicted molar refractivity (Wildman–Crippen MR) is 78.1 cm³/mol. The molecule has 0 atom stereocenters. The van der Waals surface area contributed by atoms with Gasteiger partial charge >= 0.3 is 0 Å². The molecular weight excluding hydrogens is 226 g/mol. The van der Waals surface area contributed by atoms with E-state index in [9.17, 15) is 0 Å². The van der Waals surface area contributed by atoms with Gasteiger partial charge in [0.25, 0.3) is 0 Å². The highest BCUT2D eigenvalue weighted by Gasteiger charge is 2.10. The van der Waals surface area contributed by atoms with Crippen molar-refractivity contribution in [2.24, 2.45) is 5.92 Å². The SMILES string of the molecule is CC(C)CN1CCOCC1.CCCCCOCC. The molecule has 1 fully saturated rings. The van der Waals surface area contributed by atoms with E-state index in [1.165, 1.54) is 25.8 Å². The van der Waals surface area contributed by atoms with Crippen LogP contribution in [0, 0.1) is 5.92 Å². The zero-order valence-electron chi connectivity index (χ0n) is 12.9. The first-order chi connectivity index (χ1) is 8.70. The van der Waals surface area contributed by atoms with E-state index in [-0.39, 0.29) is 0 Å². The molecule has 0 spiro atoms. The van der Waals surface area contributed by atoms with Gasteiger partial charge < -0.3 is 9.47 Å². The van der Waals surface area contributed by atoms with E-state index in [1.807, 2.05) is 6.92 Å². The monoisotopic (exact) mass is 259 g/mol. The smallest absolute Gasteiger partial charge is 0.0594 e. The molecule has 0 N–H and O–H groups in total. The lowest BCUT2D eigenvalue weighted by Gasteiger charge is -2.27. The molecular formula is C15H33NO2. The summed E-state index contributed by atoms with van der Waals surface area (Å²) in [5.41, 5.74) is 0. The van der Waals surface area contributed by atoms with Crippen molar-refractivity contribution in [3.8, 4) is 0 Å². The third kappa shape index (κ3) is 12.3. The molecule has 18 heavy (non-hydrogen) atoms. The summed E-state index contributed by atoms with van der Waals surface area (Å²) in [7, 11) is 0. The van der Waals surface area contributed by atoms with Gasteiger partial charge in [-0.05, 0) is 19.3 Å². The van der Waals surface area contributed by atoms with Crippen LogP contribution in [-0.2, 0) is 9.47 Å². The molecule has 0 saturated carbocycles. The van der Waals surface area contributed by atoms with Crippen LogP contribution in [0.3, 0.4) is 0 Å². The number of unbranched alkanes of at least 4 members (excludes halogenated alkanes) is 2. The maximum Gasteiger partial charge on any atom is 0.0594 e. The van der Waals surface area contributed by atoms with E-state index in [2.05, 4.69) is 25.7 Å². The maximum absolute atomic E-state index is 5.24. The van der Waals surface area contributed by atoms with Gasteiger partial charge in [0.15, 0.2) is 0 Å². The average molecular weight is 259 g/mol. The zero-order chi connectivity index (χ0) is 13.6. The maximum atomic E-state index is 5.24. The summed E-state index contributed by atoms with van der Waals surface area (Å²) in [4.78, 5) is 2.47. The third-order valence-electron chi connectivity index (χ3n) is 2.82. The zero-order valence-corrected chi connectivity index (χ0v) is 12.9. The van der Waals surface area contributed by atoms with Gasteiger partial charge in [-0.1, -0.05) is 33.6 Å². The topological polar surface area (TPSA) is 21.7 Å². The van der Waals surface area contributed by atoms with Crippen molar-refractivity contribution in [2.45, 2.75) is 47.0 Å². The van der Waals surface area contributed by atoms with Crippen LogP contribution in [0.1, 0.15) is 47.0 Å². The highest BCUT2D eigenvalue weighted by atomic mass is 16.5. The number of ether oxygens (including phenoxy) is 2. The molecule has 0 radical (unpaired) electrons. The molecule has 0 unspecified atom stereocenters. The van der Waals surface area contributed by atoms with Gasteiger partial charge in [0.1, 0.15) is 0 Å². The minimum Gasteiger partial charge on any atom is -0.382 e. The molecule has 1 aliphatic heterocycles. The normalized spacial score (nSPS) is 16.5. The van der Waals surface area contributed by atoms with E-state index in [4.69, 9.17) is 9.47 Å². The third-order valence-corrected chi connectivity index (χ3v) is 2.82. The fraction of sp³-hybridized carbons (Fsp3) is 1.00. The Kier molecular flexibility index (Phi) is 13.2. The van der Waals surface area contributed by atoms with Crippen LogP contribution >= 0.6 is 0 Å². The number of morpholine rings is 1. The summed E-state index contributed by atoms with van der Waals surface area (Å²) >= 11 is 0. The molecule has 0 bridgehead atoms. The second-order valence-corrected chi connectivity index (χ2v) is 5.21. The number of nitrogens with zero attached hydrogens (tertiary/aromatic N) is 1. The van der Waals surface area contributed by atoms with E-state index < -0.39 is 0 Å². The van der Waals surface area contributed by atoms with Crippen molar-refractivity contribution in [1.82, 2.24) is 4.90 Å². The second kappa shape index (κ2) is 13.3. The fourth-order valence-corrected chi connectivity index (χ4v) is 1.90. The lowest BCUT2D eigenvalue weighted by molar-refractivity contribution is 0.0329. The van der Waals surface area contributed by atoms with Crippen LogP contribution in [0.5, 0.6) is 0 Å². The van der Waals surface area contributed by atoms with Gasteiger partial charge in [-0.2, -0.15) is 0 Å². The van der Waals surface area contributed by atoms with Crippen molar-refractivity contribution >= 4 is 0 Å². The number of rotatable bonds is 7.